The second kappa shape index (κ2) is 10.9. The molecule has 3 aromatic rings. The van der Waals surface area contributed by atoms with E-state index in [-0.39, 0.29) is 24.6 Å². The second-order valence-corrected chi connectivity index (χ2v) is 8.74. The van der Waals surface area contributed by atoms with Crippen LogP contribution in [0.5, 0.6) is 0 Å². The van der Waals surface area contributed by atoms with E-state index in [0.29, 0.717) is 29.7 Å². The summed E-state index contributed by atoms with van der Waals surface area (Å²) in [4.78, 5) is 28.5. The molecule has 1 aliphatic rings. The van der Waals surface area contributed by atoms with E-state index in [1.807, 2.05) is 0 Å². The first-order valence-electron chi connectivity index (χ1n) is 11.6. The van der Waals surface area contributed by atoms with E-state index in [0.717, 1.165) is 5.56 Å². The van der Waals surface area contributed by atoms with Crippen LogP contribution < -0.4 is 10.2 Å². The number of rotatable bonds is 10. The van der Waals surface area contributed by atoms with Gasteiger partial charge in [0, 0.05) is 24.7 Å². The Morgan fingerprint density at radius 1 is 1.17 bits per heavy atom. The zero-order valence-corrected chi connectivity index (χ0v) is 19.7. The number of Topliss-reactive ketones (excluding diaryl/α,β-unsaturated/α-hetero) is 1. The molecule has 2 heterocycles. The molecular weight excluding hydrogens is 471 g/mol. The number of alkyl halides is 2. The molecule has 0 aliphatic carbocycles. The molecule has 1 aromatic heterocycles. The molecular formula is C27H26F3N3O3. The highest BCUT2D eigenvalue weighted by Crippen LogP contribution is 2.30. The highest BCUT2D eigenvalue weighted by atomic mass is 19.3. The van der Waals surface area contributed by atoms with E-state index < -0.39 is 30.5 Å². The summed E-state index contributed by atoms with van der Waals surface area (Å²) < 4.78 is 48.7. The number of nitrogens with zero attached hydrogens (tertiary/aromatic N) is 2. The van der Waals surface area contributed by atoms with Crippen molar-refractivity contribution < 1.29 is 27.5 Å². The fourth-order valence-corrected chi connectivity index (χ4v) is 3.99. The van der Waals surface area contributed by atoms with Gasteiger partial charge in [-0.3, -0.25) is 9.88 Å². The van der Waals surface area contributed by atoms with Gasteiger partial charge in [0.2, 0.25) is 0 Å². The quantitative estimate of drug-likeness (QED) is 0.403. The molecule has 2 aromatic carbocycles. The molecule has 9 heteroatoms. The highest BCUT2D eigenvalue weighted by Gasteiger charge is 2.33. The maximum atomic E-state index is 14.9. The topological polar surface area (TPSA) is 71.5 Å². The zero-order valence-electron chi connectivity index (χ0n) is 19.7. The average Bonchev–Trinajstić information content (AvgIpc) is 3.24. The van der Waals surface area contributed by atoms with Gasteiger partial charge >= 0.3 is 12.0 Å². The van der Waals surface area contributed by atoms with Crippen molar-refractivity contribution in [3.63, 3.8) is 0 Å². The molecule has 0 bridgehead atoms. The maximum absolute atomic E-state index is 14.9. The molecule has 1 amide bonds. The fraction of sp³-hybridized carbons (Fsp3) is 0.296. The lowest BCUT2D eigenvalue weighted by molar-refractivity contribution is -0.117. The largest absolute Gasteiger partial charge is 0.444 e. The standard InChI is InChI=1S/C27H26F3N3O3/c1-18(34)5-11-22-16-33(26(35)36-22)21-10-12-23(24(28)14-21)20-8-6-19(7-9-20)15-31-17-27(29,30)25-4-2-3-13-32-25/h2-4,6-10,12-14,22,31H,5,11,15-17H2,1H3/t22-/m0/s1. The van der Waals surface area contributed by atoms with Gasteiger partial charge in [-0.15, -0.1) is 0 Å². The molecule has 36 heavy (non-hydrogen) atoms. The van der Waals surface area contributed by atoms with Crippen LogP contribution in [0.15, 0.2) is 66.9 Å². The number of benzene rings is 2. The predicted molar refractivity (Wildman–Crippen MR) is 129 cm³/mol. The Hall–Kier alpha value is -3.72. The van der Waals surface area contributed by atoms with Gasteiger partial charge in [0.05, 0.1) is 18.8 Å². The summed E-state index contributed by atoms with van der Waals surface area (Å²) in [5.74, 6) is -3.58. The van der Waals surface area contributed by atoms with Crippen LogP contribution in [0.3, 0.4) is 0 Å². The second-order valence-electron chi connectivity index (χ2n) is 8.74. The average molecular weight is 498 g/mol. The van der Waals surface area contributed by atoms with Crippen molar-refractivity contribution in [2.75, 3.05) is 18.0 Å². The number of hydrogen-bond acceptors (Lipinski definition) is 5. The van der Waals surface area contributed by atoms with Crippen molar-refractivity contribution in [1.29, 1.82) is 0 Å². The molecule has 1 saturated heterocycles. The fourth-order valence-electron chi connectivity index (χ4n) is 3.99. The van der Waals surface area contributed by atoms with E-state index in [2.05, 4.69) is 10.3 Å². The Labute approximate surface area is 207 Å². The lowest BCUT2D eigenvalue weighted by atomic mass is 10.0. The van der Waals surface area contributed by atoms with E-state index in [1.165, 1.54) is 36.2 Å². The van der Waals surface area contributed by atoms with Gasteiger partial charge in [0.15, 0.2) is 0 Å². The van der Waals surface area contributed by atoms with Crippen molar-refractivity contribution in [3.8, 4) is 11.1 Å². The molecule has 1 N–H and O–H groups in total. The van der Waals surface area contributed by atoms with Crippen molar-refractivity contribution >= 4 is 17.6 Å². The Morgan fingerprint density at radius 2 is 1.94 bits per heavy atom. The number of cyclic esters (lactones) is 1. The number of hydrogen-bond donors (Lipinski definition) is 1. The number of ketones is 1. The van der Waals surface area contributed by atoms with Gasteiger partial charge in [-0.05, 0) is 54.8 Å². The van der Waals surface area contributed by atoms with Crippen LogP contribution in [0.2, 0.25) is 0 Å². The molecule has 1 atom stereocenters. The van der Waals surface area contributed by atoms with Gasteiger partial charge in [0.25, 0.3) is 0 Å². The van der Waals surface area contributed by atoms with E-state index in [4.69, 9.17) is 4.74 Å². The van der Waals surface area contributed by atoms with Gasteiger partial charge in [-0.25, -0.2) is 9.18 Å². The van der Waals surface area contributed by atoms with Crippen LogP contribution in [-0.2, 0) is 22.0 Å². The van der Waals surface area contributed by atoms with Crippen LogP contribution in [0.25, 0.3) is 11.1 Å². The summed E-state index contributed by atoms with van der Waals surface area (Å²) in [5.41, 5.74) is 1.82. The zero-order chi connectivity index (χ0) is 25.7. The molecule has 0 radical (unpaired) electrons. The molecule has 4 rings (SSSR count). The Morgan fingerprint density at radius 3 is 2.61 bits per heavy atom. The van der Waals surface area contributed by atoms with Gasteiger partial charge in [0.1, 0.15) is 23.4 Å². The van der Waals surface area contributed by atoms with Crippen LogP contribution >= 0.6 is 0 Å². The molecule has 1 aliphatic heterocycles. The van der Waals surface area contributed by atoms with Crippen LogP contribution in [0.4, 0.5) is 23.7 Å². The van der Waals surface area contributed by atoms with Gasteiger partial charge < -0.3 is 14.8 Å². The number of pyridine rings is 1. The predicted octanol–water partition coefficient (Wildman–Crippen LogP) is 5.46. The molecule has 6 nitrogen and oxygen atoms in total. The lowest BCUT2D eigenvalue weighted by Gasteiger charge is -2.16. The van der Waals surface area contributed by atoms with E-state index in [9.17, 15) is 22.8 Å². The Bertz CT molecular complexity index is 1220. The Balaban J connectivity index is 1.36. The molecule has 1 fully saturated rings. The van der Waals surface area contributed by atoms with Gasteiger partial charge in [-0.2, -0.15) is 8.78 Å². The van der Waals surface area contributed by atoms with Crippen molar-refractivity contribution in [2.45, 2.75) is 38.3 Å². The third-order valence-electron chi connectivity index (χ3n) is 5.94. The third kappa shape index (κ3) is 6.09. The SMILES string of the molecule is CC(=O)CC[C@H]1CN(c2ccc(-c3ccc(CNCC(F)(F)c4ccccn4)cc3)c(F)c2)C(=O)O1. The molecule has 0 saturated carbocycles. The number of amides is 1. The Kier molecular flexibility index (Phi) is 7.69. The van der Waals surface area contributed by atoms with E-state index >= 15 is 0 Å². The molecule has 188 valence electrons. The number of anilines is 1. The van der Waals surface area contributed by atoms with Crippen LogP contribution in [0.1, 0.15) is 31.0 Å². The summed E-state index contributed by atoms with van der Waals surface area (Å²) in [6.45, 7) is 1.39. The number of nitrogens with one attached hydrogen (secondary N) is 1. The first-order valence-corrected chi connectivity index (χ1v) is 11.6. The normalized spacial score (nSPS) is 15.7. The number of halogens is 3. The minimum Gasteiger partial charge on any atom is -0.444 e. The summed E-state index contributed by atoms with van der Waals surface area (Å²) in [6.07, 6.45) is 1.10. The number of aromatic nitrogens is 1. The molecule has 0 spiro atoms. The number of ether oxygens (including phenoxy) is 1. The third-order valence-corrected chi connectivity index (χ3v) is 5.94. The summed E-state index contributed by atoms with van der Waals surface area (Å²) in [6, 6.07) is 15.8. The van der Waals surface area contributed by atoms with Crippen molar-refractivity contribution in [2.24, 2.45) is 0 Å². The summed E-state index contributed by atoms with van der Waals surface area (Å²) in [5, 5.41) is 2.74. The van der Waals surface area contributed by atoms with E-state index in [1.54, 1.807) is 42.5 Å². The van der Waals surface area contributed by atoms with Crippen LogP contribution in [0, 0.1) is 5.82 Å². The monoisotopic (exact) mass is 497 g/mol. The minimum absolute atomic E-state index is 0.0177. The van der Waals surface area contributed by atoms with Crippen molar-refractivity contribution in [3.05, 3.63) is 83.9 Å². The van der Waals surface area contributed by atoms with Gasteiger partial charge in [-0.1, -0.05) is 30.3 Å². The summed E-state index contributed by atoms with van der Waals surface area (Å²) >= 11 is 0. The van der Waals surface area contributed by atoms with Crippen molar-refractivity contribution in [1.82, 2.24) is 10.3 Å². The molecule has 0 unspecified atom stereocenters. The number of carbonyl (C=O) groups excluding carboxylic acids is 2. The maximum Gasteiger partial charge on any atom is 0.414 e. The first kappa shape index (κ1) is 25.4. The van der Waals surface area contributed by atoms with Crippen LogP contribution in [-0.4, -0.2) is 36.1 Å². The minimum atomic E-state index is -3.10. The highest BCUT2D eigenvalue weighted by molar-refractivity contribution is 5.90. The summed E-state index contributed by atoms with van der Waals surface area (Å²) in [7, 11) is 0. The lowest BCUT2D eigenvalue weighted by Crippen LogP contribution is -2.31. The number of carbonyl (C=O) groups is 2. The first-order chi connectivity index (χ1) is 17.2. The smallest absolute Gasteiger partial charge is 0.414 e.